The summed E-state index contributed by atoms with van der Waals surface area (Å²) in [6.07, 6.45) is 0. The first-order valence-corrected chi connectivity index (χ1v) is 4.95. The molecule has 80 valence electrons. The number of fused-ring (bicyclic) bond motifs is 1. The second kappa shape index (κ2) is 3.35. The molecule has 0 fully saturated rings. The van der Waals surface area contributed by atoms with Gasteiger partial charge >= 0.3 is 5.97 Å². The van der Waals surface area contributed by atoms with Gasteiger partial charge in [0.1, 0.15) is 0 Å². The molecule has 0 aromatic heterocycles. The molecule has 2 rings (SSSR count). The second-order valence-electron chi connectivity index (χ2n) is 4.41. The van der Waals surface area contributed by atoms with Crippen LogP contribution in [0.1, 0.15) is 30.5 Å². The number of ether oxygens (including phenoxy) is 1. The number of hydrogen-bond donors (Lipinski definition) is 1. The Morgan fingerprint density at radius 3 is 2.67 bits per heavy atom. The van der Waals surface area contributed by atoms with Crippen LogP contribution in [0.5, 0.6) is 0 Å². The first-order chi connectivity index (χ1) is 7.01. The Balaban J connectivity index is 2.42. The highest BCUT2D eigenvalue weighted by atomic mass is 16.5. The van der Waals surface area contributed by atoms with Crippen LogP contribution >= 0.6 is 0 Å². The van der Waals surface area contributed by atoms with Gasteiger partial charge < -0.3 is 9.84 Å². The van der Waals surface area contributed by atoms with Gasteiger partial charge in [-0.3, -0.25) is 4.79 Å². The Bertz CT molecular complexity index is 407. The van der Waals surface area contributed by atoms with Gasteiger partial charge in [-0.15, -0.1) is 0 Å². The minimum absolute atomic E-state index is 0.596. The molecule has 0 saturated heterocycles. The van der Waals surface area contributed by atoms with Crippen molar-refractivity contribution in [2.24, 2.45) is 0 Å². The van der Waals surface area contributed by atoms with Gasteiger partial charge in [0.25, 0.3) is 0 Å². The van der Waals surface area contributed by atoms with E-state index in [-0.39, 0.29) is 0 Å². The first kappa shape index (κ1) is 10.2. The zero-order valence-electron chi connectivity index (χ0n) is 8.91. The van der Waals surface area contributed by atoms with Crippen LogP contribution in [0.25, 0.3) is 0 Å². The Morgan fingerprint density at radius 1 is 1.33 bits per heavy atom. The molecule has 1 heterocycles. The summed E-state index contributed by atoms with van der Waals surface area (Å²) >= 11 is 0. The van der Waals surface area contributed by atoms with E-state index in [4.69, 9.17) is 9.84 Å². The molecule has 1 aromatic carbocycles. The molecule has 0 atom stereocenters. The van der Waals surface area contributed by atoms with Crippen molar-refractivity contribution in [2.45, 2.75) is 32.5 Å². The number of rotatable bonds is 2. The van der Waals surface area contributed by atoms with Crippen LogP contribution in [0, 0.1) is 0 Å². The van der Waals surface area contributed by atoms with Crippen molar-refractivity contribution in [3.05, 3.63) is 34.9 Å². The van der Waals surface area contributed by atoms with E-state index >= 15 is 0 Å². The molecule has 1 aromatic rings. The van der Waals surface area contributed by atoms with E-state index in [9.17, 15) is 4.79 Å². The monoisotopic (exact) mass is 206 g/mol. The highest BCUT2D eigenvalue weighted by molar-refractivity contribution is 5.80. The Labute approximate surface area is 88.7 Å². The normalized spacial score (nSPS) is 15.1. The van der Waals surface area contributed by atoms with E-state index in [1.54, 1.807) is 13.8 Å². The van der Waals surface area contributed by atoms with Crippen LogP contribution < -0.4 is 0 Å². The van der Waals surface area contributed by atoms with E-state index in [0.29, 0.717) is 13.2 Å². The largest absolute Gasteiger partial charge is 0.481 e. The van der Waals surface area contributed by atoms with Gasteiger partial charge in [-0.2, -0.15) is 0 Å². The summed E-state index contributed by atoms with van der Waals surface area (Å²) in [4.78, 5) is 11.1. The molecule has 1 aliphatic heterocycles. The molecule has 1 N–H and O–H groups in total. The summed E-state index contributed by atoms with van der Waals surface area (Å²) in [6.45, 7) is 4.67. The average molecular weight is 206 g/mol. The minimum atomic E-state index is -0.836. The number of carboxylic acids is 1. The van der Waals surface area contributed by atoms with Crippen LogP contribution in [0.2, 0.25) is 0 Å². The zero-order chi connectivity index (χ0) is 11.1. The van der Waals surface area contributed by atoms with Crippen molar-refractivity contribution in [2.75, 3.05) is 0 Å². The standard InChI is InChI=1S/C12H14O3/c1-12(2,11(13)14)10-4-3-8-6-15-7-9(8)5-10/h3-5H,6-7H2,1-2H3,(H,13,14). The van der Waals surface area contributed by atoms with E-state index in [2.05, 4.69) is 0 Å². The zero-order valence-corrected chi connectivity index (χ0v) is 8.91. The molecule has 0 aliphatic carbocycles. The summed E-state index contributed by atoms with van der Waals surface area (Å²) in [5.41, 5.74) is 2.28. The second-order valence-corrected chi connectivity index (χ2v) is 4.41. The van der Waals surface area contributed by atoms with E-state index in [0.717, 1.165) is 11.1 Å². The molecule has 15 heavy (non-hydrogen) atoms. The summed E-state index contributed by atoms with van der Waals surface area (Å²) in [6, 6.07) is 5.78. The molecule has 3 heteroatoms. The smallest absolute Gasteiger partial charge is 0.313 e. The average Bonchev–Trinajstić information content (AvgIpc) is 2.63. The Morgan fingerprint density at radius 2 is 2.00 bits per heavy atom. The molecule has 1 aliphatic rings. The van der Waals surface area contributed by atoms with Gasteiger partial charge in [0.15, 0.2) is 0 Å². The molecule has 0 unspecified atom stereocenters. The number of carbonyl (C=O) groups is 1. The third-order valence-corrected chi connectivity index (χ3v) is 2.98. The molecule has 0 radical (unpaired) electrons. The van der Waals surface area contributed by atoms with Crippen LogP contribution in [-0.4, -0.2) is 11.1 Å². The van der Waals surface area contributed by atoms with Crippen LogP contribution in [0.3, 0.4) is 0 Å². The molecule has 0 amide bonds. The van der Waals surface area contributed by atoms with Crippen LogP contribution in [-0.2, 0) is 28.2 Å². The maximum absolute atomic E-state index is 11.1. The SMILES string of the molecule is CC(C)(C(=O)O)c1ccc2c(c1)COC2. The van der Waals surface area contributed by atoms with Gasteiger partial charge in [-0.1, -0.05) is 18.2 Å². The van der Waals surface area contributed by atoms with E-state index < -0.39 is 11.4 Å². The van der Waals surface area contributed by atoms with Gasteiger partial charge in [0.05, 0.1) is 18.6 Å². The highest BCUT2D eigenvalue weighted by Gasteiger charge is 2.30. The molecule has 0 saturated carbocycles. The Kier molecular flexibility index (Phi) is 2.27. The van der Waals surface area contributed by atoms with Crippen molar-refractivity contribution >= 4 is 5.97 Å². The molecule has 0 bridgehead atoms. The van der Waals surface area contributed by atoms with Crippen LogP contribution in [0.4, 0.5) is 0 Å². The minimum Gasteiger partial charge on any atom is -0.481 e. The predicted octanol–water partition coefficient (Wildman–Crippen LogP) is 2.08. The van der Waals surface area contributed by atoms with Crippen LogP contribution in [0.15, 0.2) is 18.2 Å². The fourth-order valence-corrected chi connectivity index (χ4v) is 1.68. The Hall–Kier alpha value is -1.35. The summed E-state index contributed by atoms with van der Waals surface area (Å²) in [5, 5.41) is 9.11. The summed E-state index contributed by atoms with van der Waals surface area (Å²) < 4.78 is 5.30. The van der Waals surface area contributed by atoms with E-state index in [1.807, 2.05) is 18.2 Å². The lowest BCUT2D eigenvalue weighted by atomic mass is 9.83. The number of carboxylic acid groups (broad SMARTS) is 1. The summed E-state index contributed by atoms with van der Waals surface area (Å²) in [7, 11) is 0. The molecule has 3 nitrogen and oxygen atoms in total. The first-order valence-electron chi connectivity index (χ1n) is 4.95. The fourth-order valence-electron chi connectivity index (χ4n) is 1.68. The van der Waals surface area contributed by atoms with Crippen molar-refractivity contribution in [3.8, 4) is 0 Å². The summed E-state index contributed by atoms with van der Waals surface area (Å²) in [5.74, 6) is -0.804. The topological polar surface area (TPSA) is 46.5 Å². The third-order valence-electron chi connectivity index (χ3n) is 2.98. The van der Waals surface area contributed by atoms with Gasteiger partial charge in [-0.05, 0) is 30.5 Å². The number of hydrogen-bond acceptors (Lipinski definition) is 2. The highest BCUT2D eigenvalue weighted by Crippen LogP contribution is 2.28. The lowest BCUT2D eigenvalue weighted by Crippen LogP contribution is -2.28. The fraction of sp³-hybridized carbons (Fsp3) is 0.417. The number of benzene rings is 1. The predicted molar refractivity (Wildman–Crippen MR) is 55.6 cm³/mol. The van der Waals surface area contributed by atoms with Crippen molar-refractivity contribution in [3.63, 3.8) is 0 Å². The van der Waals surface area contributed by atoms with Crippen molar-refractivity contribution in [1.82, 2.24) is 0 Å². The molecule has 0 spiro atoms. The van der Waals surface area contributed by atoms with E-state index in [1.165, 1.54) is 5.56 Å². The number of aliphatic carboxylic acids is 1. The van der Waals surface area contributed by atoms with Crippen molar-refractivity contribution < 1.29 is 14.6 Å². The van der Waals surface area contributed by atoms with Gasteiger partial charge in [0, 0.05) is 0 Å². The molecular formula is C12H14O3. The van der Waals surface area contributed by atoms with Gasteiger partial charge in [-0.25, -0.2) is 0 Å². The van der Waals surface area contributed by atoms with Gasteiger partial charge in [0.2, 0.25) is 0 Å². The lowest BCUT2D eigenvalue weighted by molar-refractivity contribution is -0.142. The quantitative estimate of drug-likeness (QED) is 0.805. The maximum atomic E-state index is 11.1. The maximum Gasteiger partial charge on any atom is 0.313 e. The third kappa shape index (κ3) is 1.63. The lowest BCUT2D eigenvalue weighted by Gasteiger charge is -2.20. The van der Waals surface area contributed by atoms with Crippen molar-refractivity contribution in [1.29, 1.82) is 0 Å². The molecular weight excluding hydrogens is 192 g/mol.